The molecule has 9 nitrogen and oxygen atoms in total. The Bertz CT molecular complexity index is 1210. The number of nitrogens with two attached hydrogens (primary N) is 1. The maximum absolute atomic E-state index is 14.2. The highest BCUT2D eigenvalue weighted by Gasteiger charge is 2.36. The van der Waals surface area contributed by atoms with Crippen LogP contribution in [0.1, 0.15) is 67.2 Å². The van der Waals surface area contributed by atoms with Gasteiger partial charge in [0, 0.05) is 50.1 Å². The zero-order valence-electron chi connectivity index (χ0n) is 22.8. The number of hydrogen-bond donors (Lipinski definition) is 4. The van der Waals surface area contributed by atoms with Crippen molar-refractivity contribution in [3.05, 3.63) is 35.2 Å². The fraction of sp³-hybridized carbons (Fsp3) is 0.607. The van der Waals surface area contributed by atoms with Crippen molar-refractivity contribution in [3.8, 4) is 0 Å². The number of nitrogens with one attached hydrogen (secondary N) is 2. The standard InChI is InChI=1S/C28H38F3N7O2/c1-2-22-26(33-18-5-8-20(39)9-6-18)36-27(24(35-22)25(32)40)34-19-7-10-23(21(15-19)28(29,30)31)38-13-11-37(12-14-38)16-17-3-4-17/h7,10,15,17-18,20,39H,2-6,8-9,11-14,16H2,1H3,(H2,32,40)(H2,33,34,36). The molecule has 2 aromatic rings. The Morgan fingerprint density at radius 1 is 1.05 bits per heavy atom. The number of carbonyl (C=O) groups excluding carboxylic acids is 1. The largest absolute Gasteiger partial charge is 0.418 e. The number of hydrogen-bond acceptors (Lipinski definition) is 8. The summed E-state index contributed by atoms with van der Waals surface area (Å²) in [6.07, 6.45) is 0.915. The van der Waals surface area contributed by atoms with Crippen LogP contribution in [0.2, 0.25) is 0 Å². The second kappa shape index (κ2) is 11.8. The van der Waals surface area contributed by atoms with Crippen LogP contribution in [0.15, 0.2) is 18.2 Å². The normalized spacial score (nSPS) is 22.3. The lowest BCUT2D eigenvalue weighted by Crippen LogP contribution is -2.47. The minimum absolute atomic E-state index is 0.00221. The minimum Gasteiger partial charge on any atom is -0.393 e. The van der Waals surface area contributed by atoms with Gasteiger partial charge in [-0.05, 0) is 69.1 Å². The van der Waals surface area contributed by atoms with E-state index < -0.39 is 17.6 Å². The van der Waals surface area contributed by atoms with Gasteiger partial charge < -0.3 is 26.4 Å². The van der Waals surface area contributed by atoms with Gasteiger partial charge in [0.05, 0.1) is 17.4 Å². The highest BCUT2D eigenvalue weighted by atomic mass is 19.4. The van der Waals surface area contributed by atoms with Crippen LogP contribution in [0.4, 0.5) is 36.2 Å². The van der Waals surface area contributed by atoms with E-state index in [1.807, 2.05) is 6.92 Å². The number of aliphatic hydroxyl groups is 1. The SMILES string of the molecule is CCc1nc(C(N)=O)c(Nc2ccc(N3CCN(CC4CC4)CC3)c(C(F)(F)F)c2)nc1NC1CCC(O)CC1. The number of anilines is 4. The quantitative estimate of drug-likeness (QED) is 0.361. The van der Waals surface area contributed by atoms with E-state index in [0.717, 1.165) is 44.5 Å². The average Bonchev–Trinajstić information content (AvgIpc) is 3.74. The molecule has 1 aromatic carbocycles. The molecule has 3 aliphatic rings. The smallest absolute Gasteiger partial charge is 0.393 e. The van der Waals surface area contributed by atoms with Crippen molar-refractivity contribution in [1.82, 2.24) is 14.9 Å². The number of aryl methyl sites for hydroxylation is 1. The summed E-state index contributed by atoms with van der Waals surface area (Å²) in [6.45, 7) is 5.45. The van der Waals surface area contributed by atoms with Gasteiger partial charge in [-0.25, -0.2) is 9.97 Å². The van der Waals surface area contributed by atoms with Crippen molar-refractivity contribution in [2.45, 2.75) is 70.2 Å². The number of benzene rings is 1. The number of piperazine rings is 1. The molecular weight excluding hydrogens is 523 g/mol. The molecule has 1 aromatic heterocycles. The van der Waals surface area contributed by atoms with Gasteiger partial charge in [-0.3, -0.25) is 9.69 Å². The van der Waals surface area contributed by atoms with Crippen molar-refractivity contribution < 1.29 is 23.1 Å². The van der Waals surface area contributed by atoms with Crippen LogP contribution in [-0.2, 0) is 12.6 Å². The molecule has 40 heavy (non-hydrogen) atoms. The van der Waals surface area contributed by atoms with E-state index in [9.17, 15) is 23.1 Å². The third-order valence-corrected chi connectivity index (χ3v) is 8.06. The van der Waals surface area contributed by atoms with Gasteiger partial charge in [0.1, 0.15) is 5.82 Å². The van der Waals surface area contributed by atoms with E-state index >= 15 is 0 Å². The zero-order chi connectivity index (χ0) is 28.4. The first-order valence-electron chi connectivity index (χ1n) is 14.2. The van der Waals surface area contributed by atoms with Crippen molar-refractivity contribution in [1.29, 1.82) is 0 Å². The molecule has 3 fully saturated rings. The lowest BCUT2D eigenvalue weighted by Gasteiger charge is -2.37. The van der Waals surface area contributed by atoms with Gasteiger partial charge in [0.25, 0.3) is 5.91 Å². The molecule has 0 unspecified atom stereocenters. The highest BCUT2D eigenvalue weighted by molar-refractivity contribution is 5.96. The topological polar surface area (TPSA) is 120 Å². The number of aliphatic hydroxyl groups excluding tert-OH is 1. The number of aromatic nitrogens is 2. The summed E-state index contributed by atoms with van der Waals surface area (Å²) in [4.78, 5) is 25.4. The molecule has 0 spiro atoms. The molecule has 218 valence electrons. The van der Waals surface area contributed by atoms with E-state index in [4.69, 9.17) is 5.73 Å². The van der Waals surface area contributed by atoms with Crippen LogP contribution in [0.3, 0.4) is 0 Å². The Labute approximate surface area is 232 Å². The predicted molar refractivity (Wildman–Crippen MR) is 148 cm³/mol. The molecule has 5 N–H and O–H groups in total. The van der Waals surface area contributed by atoms with Gasteiger partial charge in [-0.15, -0.1) is 0 Å². The monoisotopic (exact) mass is 561 g/mol. The van der Waals surface area contributed by atoms with Crippen molar-refractivity contribution in [3.63, 3.8) is 0 Å². The minimum atomic E-state index is -4.57. The van der Waals surface area contributed by atoms with Crippen LogP contribution in [0.25, 0.3) is 0 Å². The number of halogens is 3. The summed E-state index contributed by atoms with van der Waals surface area (Å²) < 4.78 is 42.7. The molecule has 12 heteroatoms. The van der Waals surface area contributed by atoms with Gasteiger partial charge in [0.2, 0.25) is 0 Å². The molecule has 0 radical (unpaired) electrons. The van der Waals surface area contributed by atoms with E-state index in [1.165, 1.54) is 18.9 Å². The van der Waals surface area contributed by atoms with Crippen molar-refractivity contribution >= 4 is 28.9 Å². The van der Waals surface area contributed by atoms with Crippen LogP contribution < -0.4 is 21.3 Å². The highest BCUT2D eigenvalue weighted by Crippen LogP contribution is 2.40. The number of amides is 1. The summed E-state index contributed by atoms with van der Waals surface area (Å²) in [5.41, 5.74) is 5.53. The average molecular weight is 562 g/mol. The van der Waals surface area contributed by atoms with E-state index in [2.05, 4.69) is 25.5 Å². The second-order valence-corrected chi connectivity index (χ2v) is 11.2. The fourth-order valence-corrected chi connectivity index (χ4v) is 5.59. The van der Waals surface area contributed by atoms with Crippen LogP contribution in [0, 0.1) is 5.92 Å². The maximum Gasteiger partial charge on any atom is 0.418 e. The fourth-order valence-electron chi connectivity index (χ4n) is 5.59. The lowest BCUT2D eigenvalue weighted by atomic mass is 9.93. The first-order valence-corrected chi connectivity index (χ1v) is 14.2. The Morgan fingerprint density at radius 2 is 1.75 bits per heavy atom. The summed E-state index contributed by atoms with van der Waals surface area (Å²) in [7, 11) is 0. The molecule has 2 heterocycles. The van der Waals surface area contributed by atoms with Crippen LogP contribution in [-0.4, -0.2) is 70.8 Å². The first-order chi connectivity index (χ1) is 19.1. The van der Waals surface area contributed by atoms with E-state index in [-0.39, 0.29) is 35.0 Å². The molecule has 2 saturated carbocycles. The van der Waals surface area contributed by atoms with Crippen molar-refractivity contribution in [2.75, 3.05) is 48.3 Å². The summed E-state index contributed by atoms with van der Waals surface area (Å²) in [5.74, 6) is 0.369. The molecule has 1 aliphatic heterocycles. The van der Waals surface area contributed by atoms with Gasteiger partial charge >= 0.3 is 6.18 Å². The molecular formula is C28H38F3N7O2. The Hall–Kier alpha value is -3.12. The zero-order valence-corrected chi connectivity index (χ0v) is 22.8. The summed E-state index contributed by atoms with van der Waals surface area (Å²) in [6, 6.07) is 4.17. The number of rotatable bonds is 9. The second-order valence-electron chi connectivity index (χ2n) is 11.2. The van der Waals surface area contributed by atoms with E-state index in [1.54, 1.807) is 11.0 Å². The molecule has 0 atom stereocenters. The van der Waals surface area contributed by atoms with Gasteiger partial charge in [0.15, 0.2) is 11.5 Å². The Kier molecular flexibility index (Phi) is 8.37. The third-order valence-electron chi connectivity index (χ3n) is 8.06. The van der Waals surface area contributed by atoms with Gasteiger partial charge in [-0.2, -0.15) is 13.2 Å². The molecule has 1 saturated heterocycles. The maximum atomic E-state index is 14.2. The van der Waals surface area contributed by atoms with E-state index in [0.29, 0.717) is 43.9 Å². The van der Waals surface area contributed by atoms with Gasteiger partial charge in [-0.1, -0.05) is 6.92 Å². The number of primary amides is 1. The first kappa shape index (κ1) is 28.4. The Balaban J connectivity index is 1.39. The number of carbonyl (C=O) groups is 1. The van der Waals surface area contributed by atoms with Crippen molar-refractivity contribution in [2.24, 2.45) is 11.7 Å². The van der Waals surface area contributed by atoms with Crippen LogP contribution >= 0.6 is 0 Å². The molecule has 0 bridgehead atoms. The van der Waals surface area contributed by atoms with Crippen LogP contribution in [0.5, 0.6) is 0 Å². The molecule has 5 rings (SSSR count). The molecule has 2 aliphatic carbocycles. The third kappa shape index (κ3) is 6.77. The lowest BCUT2D eigenvalue weighted by molar-refractivity contribution is -0.137. The summed E-state index contributed by atoms with van der Waals surface area (Å²) >= 11 is 0. The molecule has 1 amide bonds. The number of nitrogens with zero attached hydrogens (tertiary/aromatic N) is 4. The summed E-state index contributed by atoms with van der Waals surface area (Å²) in [5, 5.41) is 16.1. The predicted octanol–water partition coefficient (Wildman–Crippen LogP) is 4.15. The Morgan fingerprint density at radius 3 is 2.35 bits per heavy atom. The number of alkyl halides is 3.